The number of aromatic nitrogens is 3. The van der Waals surface area contributed by atoms with Crippen LogP contribution in [0.1, 0.15) is 41.3 Å². The summed E-state index contributed by atoms with van der Waals surface area (Å²) < 4.78 is 1.19. The number of fused-ring (bicyclic) bond motifs is 1. The van der Waals surface area contributed by atoms with Crippen LogP contribution < -0.4 is 10.9 Å². The van der Waals surface area contributed by atoms with Crippen molar-refractivity contribution in [3.05, 3.63) is 75.0 Å². The van der Waals surface area contributed by atoms with E-state index in [2.05, 4.69) is 15.3 Å². The van der Waals surface area contributed by atoms with Gasteiger partial charge < -0.3 is 10.4 Å². The highest BCUT2D eigenvalue weighted by molar-refractivity contribution is 7.17. The lowest BCUT2D eigenvalue weighted by molar-refractivity contribution is -0.116. The average Bonchev–Trinajstić information content (AvgIpc) is 3.22. The number of thiophene rings is 1. The second-order valence-corrected chi connectivity index (χ2v) is 8.78. The number of pyridine rings is 1. The molecule has 0 radical (unpaired) electrons. The molecule has 8 nitrogen and oxygen atoms in total. The van der Waals surface area contributed by atoms with Gasteiger partial charge >= 0.3 is 5.97 Å². The fourth-order valence-electron chi connectivity index (χ4n) is 3.68. The van der Waals surface area contributed by atoms with Gasteiger partial charge in [-0.25, -0.2) is 9.78 Å². The number of carbonyl (C=O) groups is 2. The van der Waals surface area contributed by atoms with E-state index < -0.39 is 17.4 Å². The zero-order valence-electron chi connectivity index (χ0n) is 18.3. The smallest absolute Gasteiger partial charge is 0.337 e. The van der Waals surface area contributed by atoms with Crippen molar-refractivity contribution >= 4 is 39.1 Å². The number of rotatable bonds is 6. The minimum absolute atomic E-state index is 0.0151. The van der Waals surface area contributed by atoms with Crippen molar-refractivity contribution in [1.82, 2.24) is 14.5 Å². The number of amides is 1. The maximum Gasteiger partial charge on any atom is 0.337 e. The van der Waals surface area contributed by atoms with E-state index in [1.165, 1.54) is 9.95 Å². The Kier molecular flexibility index (Phi) is 6.06. The summed E-state index contributed by atoms with van der Waals surface area (Å²) >= 11 is 1.07. The molecule has 4 aromatic rings. The van der Waals surface area contributed by atoms with Crippen molar-refractivity contribution in [2.45, 2.75) is 33.2 Å². The fraction of sp³-hybridized carbons (Fsp3) is 0.208. The van der Waals surface area contributed by atoms with E-state index in [9.17, 15) is 19.5 Å². The van der Waals surface area contributed by atoms with Gasteiger partial charge in [0.15, 0.2) is 5.82 Å². The number of hydrogen-bond donors (Lipinski definition) is 2. The zero-order valence-corrected chi connectivity index (χ0v) is 19.1. The maximum absolute atomic E-state index is 13.4. The summed E-state index contributed by atoms with van der Waals surface area (Å²) in [4.78, 5) is 47.2. The Hall–Kier alpha value is -3.85. The van der Waals surface area contributed by atoms with Gasteiger partial charge in [-0.1, -0.05) is 38.1 Å². The predicted molar refractivity (Wildman–Crippen MR) is 128 cm³/mol. The standard InChI is InChI=1S/C24H22N4O4S/c1-13(2)15-8-6-7-14(3)20(15)26-18(29)11-28-21(17-9-4-5-10-25-17)27-22-19(23(28)30)16(12-33-22)24(31)32/h4-10,12-13H,11H2,1-3H3,(H,26,29)(H,31,32). The monoisotopic (exact) mass is 462 g/mol. The first-order valence-corrected chi connectivity index (χ1v) is 11.2. The molecular formula is C24H22N4O4S. The Morgan fingerprint density at radius 3 is 2.64 bits per heavy atom. The summed E-state index contributed by atoms with van der Waals surface area (Å²) in [5.74, 6) is -1.24. The average molecular weight is 463 g/mol. The number of nitrogens with zero attached hydrogens (tertiary/aromatic N) is 3. The van der Waals surface area contributed by atoms with Gasteiger partial charge in [0.1, 0.15) is 17.1 Å². The molecule has 0 aliphatic rings. The molecule has 168 valence electrons. The van der Waals surface area contributed by atoms with Crippen LogP contribution in [-0.2, 0) is 11.3 Å². The van der Waals surface area contributed by atoms with Gasteiger partial charge in [-0.2, -0.15) is 0 Å². The van der Waals surface area contributed by atoms with E-state index in [4.69, 9.17) is 0 Å². The van der Waals surface area contributed by atoms with Crippen LogP contribution in [0.3, 0.4) is 0 Å². The second-order valence-electron chi connectivity index (χ2n) is 7.92. The normalized spacial score (nSPS) is 11.2. The Balaban J connectivity index is 1.82. The zero-order chi connectivity index (χ0) is 23.7. The third-order valence-corrected chi connectivity index (χ3v) is 6.18. The minimum Gasteiger partial charge on any atom is -0.478 e. The van der Waals surface area contributed by atoms with Gasteiger partial charge in [-0.15, -0.1) is 11.3 Å². The first-order valence-electron chi connectivity index (χ1n) is 10.3. The number of nitrogens with one attached hydrogen (secondary N) is 1. The first-order chi connectivity index (χ1) is 15.8. The molecule has 3 heterocycles. The largest absolute Gasteiger partial charge is 0.478 e. The third-order valence-electron chi connectivity index (χ3n) is 5.31. The summed E-state index contributed by atoms with van der Waals surface area (Å²) in [5, 5.41) is 13.8. The molecular weight excluding hydrogens is 440 g/mol. The molecule has 0 saturated carbocycles. The maximum atomic E-state index is 13.4. The Bertz CT molecular complexity index is 1420. The molecule has 33 heavy (non-hydrogen) atoms. The predicted octanol–water partition coefficient (Wildman–Crippen LogP) is 4.29. The lowest BCUT2D eigenvalue weighted by Gasteiger charge is -2.17. The van der Waals surface area contributed by atoms with E-state index in [1.807, 2.05) is 39.0 Å². The van der Waals surface area contributed by atoms with Gasteiger partial charge in [0.05, 0.1) is 10.9 Å². The van der Waals surface area contributed by atoms with Crippen LogP contribution >= 0.6 is 11.3 Å². The highest BCUT2D eigenvalue weighted by atomic mass is 32.1. The third kappa shape index (κ3) is 4.27. The Labute approximate surface area is 193 Å². The molecule has 2 N–H and O–H groups in total. The quantitative estimate of drug-likeness (QED) is 0.442. The van der Waals surface area contributed by atoms with Gasteiger partial charge in [0.2, 0.25) is 5.91 Å². The molecule has 4 rings (SSSR count). The number of benzene rings is 1. The topological polar surface area (TPSA) is 114 Å². The molecule has 0 aliphatic carbocycles. The number of anilines is 1. The Morgan fingerprint density at radius 1 is 1.18 bits per heavy atom. The van der Waals surface area contributed by atoms with Crippen molar-refractivity contribution in [3.8, 4) is 11.5 Å². The minimum atomic E-state index is -1.22. The van der Waals surface area contributed by atoms with E-state index in [-0.39, 0.29) is 34.1 Å². The van der Waals surface area contributed by atoms with Gasteiger partial charge in [0.25, 0.3) is 5.56 Å². The lowest BCUT2D eigenvalue weighted by atomic mass is 9.98. The van der Waals surface area contributed by atoms with E-state index in [1.54, 1.807) is 24.4 Å². The van der Waals surface area contributed by atoms with E-state index in [0.29, 0.717) is 11.4 Å². The number of carboxylic acid groups (broad SMARTS) is 1. The van der Waals surface area contributed by atoms with Crippen molar-refractivity contribution in [1.29, 1.82) is 0 Å². The SMILES string of the molecule is Cc1cccc(C(C)C)c1NC(=O)Cn1c(-c2ccccn2)nc2scc(C(=O)O)c2c1=O. The highest BCUT2D eigenvalue weighted by Crippen LogP contribution is 2.28. The molecule has 0 unspecified atom stereocenters. The summed E-state index contributed by atoms with van der Waals surface area (Å²) in [6, 6.07) is 11.0. The summed E-state index contributed by atoms with van der Waals surface area (Å²) in [5.41, 5.74) is 2.29. The molecule has 0 spiro atoms. The van der Waals surface area contributed by atoms with E-state index in [0.717, 1.165) is 22.5 Å². The van der Waals surface area contributed by atoms with Crippen LogP contribution in [-0.4, -0.2) is 31.5 Å². The van der Waals surface area contributed by atoms with Gasteiger partial charge in [-0.05, 0) is 36.1 Å². The van der Waals surface area contributed by atoms with Crippen molar-refractivity contribution in [2.75, 3.05) is 5.32 Å². The number of para-hydroxylation sites is 1. The van der Waals surface area contributed by atoms with Crippen molar-refractivity contribution in [2.24, 2.45) is 0 Å². The van der Waals surface area contributed by atoms with Crippen molar-refractivity contribution in [3.63, 3.8) is 0 Å². The fourth-order valence-corrected chi connectivity index (χ4v) is 4.59. The van der Waals surface area contributed by atoms with Crippen LogP contribution in [0.5, 0.6) is 0 Å². The molecule has 3 aromatic heterocycles. The van der Waals surface area contributed by atoms with Crippen molar-refractivity contribution < 1.29 is 14.7 Å². The summed E-state index contributed by atoms with van der Waals surface area (Å²) in [6.45, 7) is 5.64. The molecule has 1 amide bonds. The summed E-state index contributed by atoms with van der Waals surface area (Å²) in [6.07, 6.45) is 1.56. The number of carbonyl (C=O) groups excluding carboxylic acids is 1. The molecule has 0 saturated heterocycles. The van der Waals surface area contributed by atoms with E-state index >= 15 is 0 Å². The van der Waals surface area contributed by atoms with Crippen LogP contribution in [0.4, 0.5) is 5.69 Å². The number of aromatic carboxylic acids is 1. The van der Waals surface area contributed by atoms with Crippen LogP contribution in [0, 0.1) is 6.92 Å². The molecule has 0 atom stereocenters. The number of aryl methyl sites for hydroxylation is 1. The molecule has 9 heteroatoms. The first kappa shape index (κ1) is 22.3. The number of carboxylic acids is 1. The van der Waals surface area contributed by atoms with Crippen LogP contribution in [0.25, 0.3) is 21.7 Å². The molecule has 1 aromatic carbocycles. The van der Waals surface area contributed by atoms with Crippen LogP contribution in [0.15, 0.2) is 52.8 Å². The second kappa shape index (κ2) is 8.95. The highest BCUT2D eigenvalue weighted by Gasteiger charge is 2.22. The molecule has 0 aliphatic heterocycles. The van der Waals surface area contributed by atoms with Crippen LogP contribution in [0.2, 0.25) is 0 Å². The molecule has 0 bridgehead atoms. The van der Waals surface area contributed by atoms with Gasteiger partial charge in [-0.3, -0.25) is 19.1 Å². The molecule has 0 fully saturated rings. The van der Waals surface area contributed by atoms with Gasteiger partial charge in [0, 0.05) is 17.3 Å². The lowest BCUT2D eigenvalue weighted by Crippen LogP contribution is -2.30. The number of hydrogen-bond acceptors (Lipinski definition) is 6. The Morgan fingerprint density at radius 2 is 1.97 bits per heavy atom. The summed E-state index contributed by atoms with van der Waals surface area (Å²) in [7, 11) is 0.